The fourth-order valence-electron chi connectivity index (χ4n) is 1.000. The smallest absolute Gasteiger partial charge is 0.00579 e. The summed E-state index contributed by atoms with van der Waals surface area (Å²) >= 11 is 1.85. The summed E-state index contributed by atoms with van der Waals surface area (Å²) in [4.78, 5) is 3.86. The van der Waals surface area contributed by atoms with E-state index in [1.807, 2.05) is 11.3 Å². The summed E-state index contributed by atoms with van der Waals surface area (Å²) in [6.45, 7) is 5.63. The Morgan fingerprint density at radius 1 is 1.50 bits per heavy atom. The lowest BCUT2D eigenvalue weighted by Gasteiger charge is -2.20. The van der Waals surface area contributed by atoms with Gasteiger partial charge in [0.25, 0.3) is 0 Å². The average molecular weight is 183 g/mol. The van der Waals surface area contributed by atoms with Crippen LogP contribution in [0.3, 0.4) is 0 Å². The molecule has 1 heterocycles. The first-order chi connectivity index (χ1) is 5.70. The molecule has 0 bridgehead atoms. The molecule has 0 aliphatic rings. The van der Waals surface area contributed by atoms with Crippen molar-refractivity contribution >= 4 is 11.3 Å². The molecule has 1 aromatic rings. The van der Waals surface area contributed by atoms with Gasteiger partial charge in [-0.2, -0.15) is 0 Å². The van der Waals surface area contributed by atoms with E-state index >= 15 is 0 Å². The van der Waals surface area contributed by atoms with Crippen LogP contribution in [-0.2, 0) is 6.42 Å². The molecule has 0 radical (unpaired) electrons. The van der Waals surface area contributed by atoms with E-state index in [2.05, 4.69) is 43.3 Å². The van der Waals surface area contributed by atoms with Crippen molar-refractivity contribution in [2.24, 2.45) is 0 Å². The van der Waals surface area contributed by atoms with Crippen LogP contribution in [-0.4, -0.2) is 24.5 Å². The molecule has 0 saturated heterocycles. The molecule has 0 spiro atoms. The van der Waals surface area contributed by atoms with Gasteiger partial charge in [0.05, 0.1) is 0 Å². The van der Waals surface area contributed by atoms with Crippen LogP contribution in [0.2, 0.25) is 0 Å². The lowest BCUT2D eigenvalue weighted by atomic mass is 10.3. The summed E-state index contributed by atoms with van der Waals surface area (Å²) in [5, 5.41) is 2.14. The number of hydrogen-bond acceptors (Lipinski definition) is 2. The Labute approximate surface area is 79.0 Å². The van der Waals surface area contributed by atoms with Crippen LogP contribution in [0.1, 0.15) is 18.7 Å². The molecule has 0 atom stereocenters. The molecule has 0 fully saturated rings. The SMILES string of the molecule is CC(C)N(C)CCc1cccs1. The molecule has 0 aromatic carbocycles. The zero-order chi connectivity index (χ0) is 8.97. The Hall–Kier alpha value is -0.340. The molecule has 12 heavy (non-hydrogen) atoms. The summed E-state index contributed by atoms with van der Waals surface area (Å²) < 4.78 is 0. The summed E-state index contributed by atoms with van der Waals surface area (Å²) in [7, 11) is 2.18. The molecule has 0 saturated carbocycles. The highest BCUT2D eigenvalue weighted by molar-refractivity contribution is 7.09. The molecule has 68 valence electrons. The second-order valence-electron chi connectivity index (χ2n) is 3.40. The Morgan fingerprint density at radius 3 is 2.75 bits per heavy atom. The lowest BCUT2D eigenvalue weighted by Crippen LogP contribution is -2.28. The van der Waals surface area contributed by atoms with Gasteiger partial charge in [0.15, 0.2) is 0 Å². The fourth-order valence-corrected chi connectivity index (χ4v) is 1.70. The average Bonchev–Trinajstić information content (AvgIpc) is 2.51. The molecule has 1 rings (SSSR count). The van der Waals surface area contributed by atoms with Crippen molar-refractivity contribution in [3.8, 4) is 0 Å². The van der Waals surface area contributed by atoms with Crippen molar-refractivity contribution < 1.29 is 0 Å². The number of likely N-dealkylation sites (N-methyl/N-ethyl adjacent to an activating group) is 1. The predicted octanol–water partition coefficient (Wildman–Crippen LogP) is 2.63. The highest BCUT2D eigenvalue weighted by atomic mass is 32.1. The minimum absolute atomic E-state index is 0.657. The van der Waals surface area contributed by atoms with Crippen LogP contribution >= 0.6 is 11.3 Å². The van der Waals surface area contributed by atoms with Crippen molar-refractivity contribution in [2.45, 2.75) is 26.3 Å². The van der Waals surface area contributed by atoms with Gasteiger partial charge in [-0.3, -0.25) is 0 Å². The summed E-state index contributed by atoms with van der Waals surface area (Å²) in [5.74, 6) is 0. The van der Waals surface area contributed by atoms with Crippen molar-refractivity contribution in [3.05, 3.63) is 22.4 Å². The molecular weight excluding hydrogens is 166 g/mol. The van der Waals surface area contributed by atoms with E-state index in [0.717, 1.165) is 6.54 Å². The van der Waals surface area contributed by atoms with Gasteiger partial charge in [-0.05, 0) is 38.8 Å². The number of nitrogens with zero attached hydrogens (tertiary/aromatic N) is 1. The minimum atomic E-state index is 0.657. The molecular formula is C10H17NS. The summed E-state index contributed by atoms with van der Waals surface area (Å²) in [5.41, 5.74) is 0. The first-order valence-electron chi connectivity index (χ1n) is 4.43. The van der Waals surface area contributed by atoms with Gasteiger partial charge in [0.1, 0.15) is 0 Å². The van der Waals surface area contributed by atoms with Gasteiger partial charge in [-0.15, -0.1) is 11.3 Å². The lowest BCUT2D eigenvalue weighted by molar-refractivity contribution is 0.278. The maximum absolute atomic E-state index is 2.37. The van der Waals surface area contributed by atoms with Gasteiger partial charge in [-0.25, -0.2) is 0 Å². The van der Waals surface area contributed by atoms with Gasteiger partial charge < -0.3 is 4.90 Å². The van der Waals surface area contributed by atoms with Crippen LogP contribution < -0.4 is 0 Å². The van der Waals surface area contributed by atoms with Crippen LogP contribution in [0.5, 0.6) is 0 Å². The third kappa shape index (κ3) is 2.95. The van der Waals surface area contributed by atoms with Gasteiger partial charge >= 0.3 is 0 Å². The zero-order valence-corrected chi connectivity index (χ0v) is 8.90. The Kier molecular flexibility index (Phi) is 3.76. The number of hydrogen-bond donors (Lipinski definition) is 0. The molecule has 0 unspecified atom stereocenters. The predicted molar refractivity (Wildman–Crippen MR) is 55.8 cm³/mol. The van der Waals surface area contributed by atoms with Gasteiger partial charge in [0.2, 0.25) is 0 Å². The van der Waals surface area contributed by atoms with E-state index in [1.165, 1.54) is 11.3 Å². The van der Waals surface area contributed by atoms with Crippen LogP contribution in [0, 0.1) is 0 Å². The molecule has 1 aromatic heterocycles. The second-order valence-corrected chi connectivity index (χ2v) is 4.44. The monoisotopic (exact) mass is 183 g/mol. The Balaban J connectivity index is 2.27. The first kappa shape index (κ1) is 9.75. The summed E-state index contributed by atoms with van der Waals surface area (Å²) in [6.07, 6.45) is 1.19. The van der Waals surface area contributed by atoms with Crippen molar-refractivity contribution in [3.63, 3.8) is 0 Å². The van der Waals surface area contributed by atoms with Crippen molar-refractivity contribution in [1.29, 1.82) is 0 Å². The van der Waals surface area contributed by atoms with Crippen LogP contribution in [0.25, 0.3) is 0 Å². The van der Waals surface area contributed by atoms with Crippen molar-refractivity contribution in [2.75, 3.05) is 13.6 Å². The topological polar surface area (TPSA) is 3.24 Å². The van der Waals surface area contributed by atoms with E-state index in [4.69, 9.17) is 0 Å². The first-order valence-corrected chi connectivity index (χ1v) is 5.30. The Morgan fingerprint density at radius 2 is 2.25 bits per heavy atom. The third-order valence-electron chi connectivity index (χ3n) is 2.17. The molecule has 0 aliphatic carbocycles. The highest BCUT2D eigenvalue weighted by Gasteiger charge is 2.02. The second kappa shape index (κ2) is 4.63. The zero-order valence-electron chi connectivity index (χ0n) is 8.08. The van der Waals surface area contributed by atoms with E-state index in [1.54, 1.807) is 0 Å². The molecule has 0 amide bonds. The van der Waals surface area contributed by atoms with Crippen LogP contribution in [0.15, 0.2) is 17.5 Å². The maximum Gasteiger partial charge on any atom is 0.00579 e. The number of thiophene rings is 1. The van der Waals surface area contributed by atoms with E-state index < -0.39 is 0 Å². The third-order valence-corrected chi connectivity index (χ3v) is 3.11. The highest BCUT2D eigenvalue weighted by Crippen LogP contribution is 2.09. The van der Waals surface area contributed by atoms with Gasteiger partial charge in [-0.1, -0.05) is 6.07 Å². The Bertz CT molecular complexity index is 204. The fraction of sp³-hybridized carbons (Fsp3) is 0.600. The molecule has 1 nitrogen and oxygen atoms in total. The minimum Gasteiger partial charge on any atom is -0.304 e. The summed E-state index contributed by atoms with van der Waals surface area (Å²) in [6, 6.07) is 4.98. The molecule has 0 aliphatic heterocycles. The van der Waals surface area contributed by atoms with E-state index in [9.17, 15) is 0 Å². The quantitative estimate of drug-likeness (QED) is 0.693. The van der Waals surface area contributed by atoms with Gasteiger partial charge in [0, 0.05) is 17.5 Å². The number of rotatable bonds is 4. The largest absolute Gasteiger partial charge is 0.304 e. The van der Waals surface area contributed by atoms with E-state index in [0.29, 0.717) is 6.04 Å². The molecule has 2 heteroatoms. The maximum atomic E-state index is 2.37. The van der Waals surface area contributed by atoms with Crippen LogP contribution in [0.4, 0.5) is 0 Å². The van der Waals surface area contributed by atoms with E-state index in [-0.39, 0.29) is 0 Å². The normalized spacial score (nSPS) is 11.4. The standard InChI is InChI=1S/C10H17NS/c1-9(2)11(3)7-6-10-5-4-8-12-10/h4-5,8-9H,6-7H2,1-3H3. The van der Waals surface area contributed by atoms with Crippen molar-refractivity contribution in [1.82, 2.24) is 4.90 Å². The molecule has 0 N–H and O–H groups in total.